The maximum Gasteiger partial charge on any atom is 0.0751 e. The van der Waals surface area contributed by atoms with Crippen molar-refractivity contribution in [1.29, 1.82) is 0 Å². The van der Waals surface area contributed by atoms with Crippen LogP contribution in [0.25, 0.3) is 0 Å². The van der Waals surface area contributed by atoms with Gasteiger partial charge in [0.1, 0.15) is 0 Å². The van der Waals surface area contributed by atoms with Crippen molar-refractivity contribution < 1.29 is 5.11 Å². The predicted molar refractivity (Wildman–Crippen MR) is 49.7 cm³/mol. The number of aliphatic hydroxyl groups is 1. The van der Waals surface area contributed by atoms with E-state index < -0.39 is 0 Å². The number of hydrogen-bond acceptors (Lipinski definition) is 1. The largest absolute Gasteiger partial charge is 0.516 e. The maximum absolute atomic E-state index is 8.30. The zero-order valence-corrected chi connectivity index (χ0v) is 7.29. The second kappa shape index (κ2) is 9.28. The monoisotopic (exact) mass is 154 g/mol. The van der Waals surface area contributed by atoms with E-state index in [9.17, 15) is 0 Å². The zero-order chi connectivity index (χ0) is 8.36. The molecule has 1 heteroatoms. The summed E-state index contributed by atoms with van der Waals surface area (Å²) in [6, 6.07) is 0. The van der Waals surface area contributed by atoms with Gasteiger partial charge in [0, 0.05) is 0 Å². The van der Waals surface area contributed by atoms with Crippen molar-refractivity contribution in [1.82, 2.24) is 0 Å². The topological polar surface area (TPSA) is 20.2 Å². The lowest BCUT2D eigenvalue weighted by Gasteiger charge is -1.88. The van der Waals surface area contributed by atoms with E-state index in [4.69, 9.17) is 5.11 Å². The minimum absolute atomic E-state index is 0.944. The normalized spacial score (nSPS) is 11.7. The van der Waals surface area contributed by atoms with Gasteiger partial charge in [0.15, 0.2) is 0 Å². The van der Waals surface area contributed by atoms with Crippen LogP contribution in [0, 0.1) is 0 Å². The Morgan fingerprint density at radius 3 is 2.27 bits per heavy atom. The third-order valence-corrected chi connectivity index (χ3v) is 1.50. The fourth-order valence-corrected chi connectivity index (χ4v) is 0.825. The highest BCUT2D eigenvalue weighted by molar-refractivity contribution is 4.84. The lowest BCUT2D eigenvalue weighted by Crippen LogP contribution is -1.68. The molecule has 0 aromatic heterocycles. The molecule has 0 aromatic rings. The van der Waals surface area contributed by atoms with E-state index in [2.05, 4.69) is 19.1 Å². The first-order valence-electron chi connectivity index (χ1n) is 4.36. The van der Waals surface area contributed by atoms with Gasteiger partial charge < -0.3 is 5.11 Å². The van der Waals surface area contributed by atoms with Gasteiger partial charge in [-0.2, -0.15) is 0 Å². The van der Waals surface area contributed by atoms with Gasteiger partial charge >= 0.3 is 0 Å². The smallest absolute Gasteiger partial charge is 0.0751 e. The highest BCUT2D eigenvalue weighted by atomic mass is 16.2. The molecule has 1 nitrogen and oxygen atoms in total. The first kappa shape index (κ1) is 10.3. The van der Waals surface area contributed by atoms with Gasteiger partial charge in [0.2, 0.25) is 0 Å². The quantitative estimate of drug-likeness (QED) is 0.352. The van der Waals surface area contributed by atoms with Crippen LogP contribution in [-0.2, 0) is 0 Å². The summed E-state index contributed by atoms with van der Waals surface area (Å²) in [5.41, 5.74) is 0. The molecule has 0 aliphatic rings. The van der Waals surface area contributed by atoms with Crippen LogP contribution in [-0.4, -0.2) is 5.11 Å². The van der Waals surface area contributed by atoms with E-state index in [0.717, 1.165) is 19.1 Å². The summed E-state index contributed by atoms with van der Waals surface area (Å²) < 4.78 is 0. The summed E-state index contributed by atoms with van der Waals surface area (Å²) in [6.07, 6.45) is 13.0. The molecule has 0 atom stereocenters. The van der Waals surface area contributed by atoms with E-state index in [1.165, 1.54) is 19.3 Å². The van der Waals surface area contributed by atoms with Gasteiger partial charge in [0.05, 0.1) is 6.26 Å². The third kappa shape index (κ3) is 9.28. The van der Waals surface area contributed by atoms with Crippen LogP contribution in [0.2, 0.25) is 0 Å². The third-order valence-electron chi connectivity index (χ3n) is 1.50. The maximum atomic E-state index is 8.30. The van der Waals surface area contributed by atoms with Gasteiger partial charge in [-0.05, 0) is 25.3 Å². The Morgan fingerprint density at radius 1 is 1.00 bits per heavy atom. The van der Waals surface area contributed by atoms with Crippen molar-refractivity contribution in [2.75, 3.05) is 0 Å². The summed E-state index contributed by atoms with van der Waals surface area (Å²) in [6.45, 7) is 2.20. The van der Waals surface area contributed by atoms with Gasteiger partial charge in [-0.3, -0.25) is 0 Å². The molecular weight excluding hydrogens is 136 g/mol. The van der Waals surface area contributed by atoms with Gasteiger partial charge in [0.25, 0.3) is 0 Å². The molecule has 1 N–H and O–H groups in total. The molecule has 0 aliphatic heterocycles. The van der Waals surface area contributed by atoms with Crippen molar-refractivity contribution in [2.45, 2.75) is 39.0 Å². The van der Waals surface area contributed by atoms with Crippen molar-refractivity contribution >= 4 is 0 Å². The molecule has 0 rings (SSSR count). The summed E-state index contributed by atoms with van der Waals surface area (Å²) in [5.74, 6) is 0. The summed E-state index contributed by atoms with van der Waals surface area (Å²) >= 11 is 0. The van der Waals surface area contributed by atoms with E-state index in [1.54, 1.807) is 6.08 Å². The van der Waals surface area contributed by atoms with Crippen LogP contribution >= 0.6 is 0 Å². The van der Waals surface area contributed by atoms with Crippen molar-refractivity contribution in [3.63, 3.8) is 0 Å². The molecule has 0 saturated carbocycles. The zero-order valence-electron chi connectivity index (χ0n) is 7.29. The van der Waals surface area contributed by atoms with Crippen LogP contribution < -0.4 is 0 Å². The highest BCUT2D eigenvalue weighted by Crippen LogP contribution is 1.98. The van der Waals surface area contributed by atoms with E-state index >= 15 is 0 Å². The summed E-state index contributed by atoms with van der Waals surface area (Å²) in [7, 11) is 0. The molecule has 0 fully saturated rings. The molecule has 0 aromatic carbocycles. The predicted octanol–water partition coefficient (Wildman–Crippen LogP) is 3.58. The Bertz CT molecular complexity index is 114. The van der Waals surface area contributed by atoms with Gasteiger partial charge in [-0.25, -0.2) is 0 Å². The molecule has 0 saturated heterocycles. The minimum atomic E-state index is 0.944. The van der Waals surface area contributed by atoms with Crippen LogP contribution in [0.1, 0.15) is 39.0 Å². The first-order valence-corrected chi connectivity index (χ1v) is 4.36. The Morgan fingerprint density at radius 2 is 1.64 bits per heavy atom. The molecule has 11 heavy (non-hydrogen) atoms. The Balaban J connectivity index is 3.03. The molecule has 0 aliphatic carbocycles. The number of hydrogen-bond donors (Lipinski definition) is 1. The average molecular weight is 154 g/mol. The highest BCUT2D eigenvalue weighted by Gasteiger charge is 1.78. The second-order valence-corrected chi connectivity index (χ2v) is 2.58. The number of allylic oxidation sites excluding steroid dienone is 3. The number of unbranched alkanes of at least 4 members (excludes halogenated alkanes) is 3. The molecule has 0 radical (unpaired) electrons. The van der Waals surface area contributed by atoms with Crippen molar-refractivity contribution in [3.05, 3.63) is 24.5 Å². The molecule has 0 unspecified atom stereocenters. The van der Waals surface area contributed by atoms with E-state index in [1.807, 2.05) is 0 Å². The first-order chi connectivity index (χ1) is 5.41. The van der Waals surface area contributed by atoms with E-state index in [0.29, 0.717) is 0 Å². The summed E-state index contributed by atoms with van der Waals surface area (Å²) in [5, 5.41) is 8.30. The SMILES string of the molecule is CCCCC=CCCC=CO. The minimum Gasteiger partial charge on any atom is -0.516 e. The number of aliphatic hydroxyl groups excluding tert-OH is 1. The molecule has 64 valence electrons. The number of rotatable bonds is 6. The molecular formula is C10H18O. The fraction of sp³-hybridized carbons (Fsp3) is 0.600. The Hall–Kier alpha value is -0.720. The molecule has 0 spiro atoms. The molecule has 0 amide bonds. The van der Waals surface area contributed by atoms with Crippen LogP contribution in [0.15, 0.2) is 24.5 Å². The van der Waals surface area contributed by atoms with Crippen molar-refractivity contribution in [2.24, 2.45) is 0 Å². The molecule has 0 bridgehead atoms. The Kier molecular flexibility index (Phi) is 8.67. The lowest BCUT2D eigenvalue weighted by molar-refractivity contribution is 0.471. The van der Waals surface area contributed by atoms with Crippen molar-refractivity contribution in [3.8, 4) is 0 Å². The van der Waals surface area contributed by atoms with Gasteiger partial charge in [-0.1, -0.05) is 31.9 Å². The van der Waals surface area contributed by atoms with Gasteiger partial charge in [-0.15, -0.1) is 0 Å². The fourth-order valence-electron chi connectivity index (χ4n) is 0.825. The second-order valence-electron chi connectivity index (χ2n) is 2.58. The lowest BCUT2D eigenvalue weighted by atomic mass is 10.2. The van der Waals surface area contributed by atoms with E-state index in [-0.39, 0.29) is 0 Å². The average Bonchev–Trinajstić information content (AvgIpc) is 2.03. The van der Waals surface area contributed by atoms with Crippen LogP contribution in [0.5, 0.6) is 0 Å². The summed E-state index contributed by atoms with van der Waals surface area (Å²) in [4.78, 5) is 0. The molecule has 0 heterocycles. The van der Waals surface area contributed by atoms with Crippen LogP contribution in [0.3, 0.4) is 0 Å². The van der Waals surface area contributed by atoms with Crippen LogP contribution in [0.4, 0.5) is 0 Å². The standard InChI is InChI=1S/C10H18O/c1-2-3-4-5-6-7-8-9-10-11/h5-6,9-11H,2-4,7-8H2,1H3. The Labute approximate surface area is 69.4 Å².